The van der Waals surface area contributed by atoms with Gasteiger partial charge in [-0.2, -0.15) is 0 Å². The average molecular weight is 368 g/mol. The second-order valence-corrected chi connectivity index (χ2v) is 4.47. The second kappa shape index (κ2) is 10.6. The molecule has 0 amide bonds. The number of benzene rings is 1. The summed E-state index contributed by atoms with van der Waals surface area (Å²) < 4.78 is 0. The Morgan fingerprint density at radius 2 is 1.17 bits per heavy atom. The Bertz CT molecular complexity index is 551. The van der Waals surface area contributed by atoms with Crippen LogP contribution in [0.2, 0.25) is 0 Å². The first-order chi connectivity index (χ1) is 10.4. The van der Waals surface area contributed by atoms with Crippen molar-refractivity contribution in [2.45, 2.75) is 13.8 Å². The van der Waals surface area contributed by atoms with E-state index in [1.807, 2.05) is 0 Å². The van der Waals surface area contributed by atoms with Gasteiger partial charge in [-0.3, -0.25) is 9.59 Å². The summed E-state index contributed by atoms with van der Waals surface area (Å²) in [6.07, 6.45) is 8.40. The fraction of sp³-hybridized carbons (Fsp3) is 0.250. The number of carboxylic acid groups (broad SMARTS) is 2. The molecule has 6 nitrogen and oxygen atoms in total. The van der Waals surface area contributed by atoms with E-state index >= 15 is 0 Å². The van der Waals surface area contributed by atoms with E-state index in [1.165, 1.54) is 11.1 Å². The number of carboxylic acids is 2. The number of carbonyl (C=O) groups is 2. The van der Waals surface area contributed by atoms with Gasteiger partial charge in [-0.25, -0.2) is 0 Å². The quantitative estimate of drug-likeness (QED) is 0.678. The van der Waals surface area contributed by atoms with Crippen molar-refractivity contribution in [1.82, 2.24) is 0 Å². The summed E-state index contributed by atoms with van der Waals surface area (Å²) in [6, 6.07) is 4.22. The predicted molar refractivity (Wildman–Crippen MR) is 86.9 cm³/mol. The maximum Gasteiger partial charge on any atom is 2.00 e. The molecule has 23 heavy (non-hydrogen) atoms. The monoisotopic (exact) mass is 366 g/mol. The van der Waals surface area contributed by atoms with Crippen LogP contribution in [0.4, 0.5) is 11.4 Å². The summed E-state index contributed by atoms with van der Waals surface area (Å²) in [5.74, 6) is -1.67. The van der Waals surface area contributed by atoms with Crippen molar-refractivity contribution in [3.05, 3.63) is 46.0 Å². The van der Waals surface area contributed by atoms with Gasteiger partial charge in [-0.05, 0) is 11.1 Å². The van der Waals surface area contributed by atoms with E-state index in [0.29, 0.717) is 0 Å². The van der Waals surface area contributed by atoms with Gasteiger partial charge < -0.3 is 20.8 Å². The fourth-order valence-corrected chi connectivity index (χ4v) is 1.86. The van der Waals surface area contributed by atoms with Gasteiger partial charge in [-0.1, -0.05) is 24.3 Å². The number of rotatable bonds is 0. The van der Waals surface area contributed by atoms with Gasteiger partial charge in [0.2, 0.25) is 0 Å². The van der Waals surface area contributed by atoms with Crippen LogP contribution in [-0.2, 0) is 29.1 Å². The van der Waals surface area contributed by atoms with Crippen LogP contribution in [0.3, 0.4) is 0 Å². The molecule has 2 aliphatic rings. The molecule has 0 aliphatic carbocycles. The van der Waals surface area contributed by atoms with E-state index < -0.39 is 11.9 Å². The van der Waals surface area contributed by atoms with Crippen LogP contribution >= 0.6 is 0 Å². The minimum atomic E-state index is -0.833. The van der Waals surface area contributed by atoms with E-state index in [0.717, 1.165) is 38.3 Å². The van der Waals surface area contributed by atoms with Crippen molar-refractivity contribution in [3.63, 3.8) is 0 Å². The van der Waals surface area contributed by atoms with Gasteiger partial charge >= 0.3 is 19.5 Å². The Labute approximate surface area is 148 Å². The molecule has 0 fully saturated rings. The van der Waals surface area contributed by atoms with Crippen LogP contribution < -0.4 is 0 Å². The van der Waals surface area contributed by atoms with E-state index in [4.69, 9.17) is 19.8 Å². The Kier molecular flexibility index (Phi) is 9.58. The molecule has 1 aromatic rings. The summed E-state index contributed by atoms with van der Waals surface area (Å²) in [4.78, 5) is 18.0. The molecule has 118 valence electrons. The molecule has 0 saturated carbocycles. The van der Waals surface area contributed by atoms with Gasteiger partial charge in [0.1, 0.15) is 0 Å². The smallest absolute Gasteiger partial charge is 0.682 e. The minimum absolute atomic E-state index is 0. The fourth-order valence-electron chi connectivity index (χ4n) is 1.86. The third-order valence-corrected chi connectivity index (χ3v) is 2.52. The third-order valence-electron chi connectivity index (χ3n) is 2.52. The molecule has 0 atom stereocenters. The number of hydrogen-bond donors (Lipinski definition) is 2. The van der Waals surface area contributed by atoms with Crippen LogP contribution in [0.5, 0.6) is 0 Å². The summed E-state index contributed by atoms with van der Waals surface area (Å²) in [6.45, 7) is 3.73. The zero-order chi connectivity index (χ0) is 16.5. The van der Waals surface area contributed by atoms with E-state index in [9.17, 15) is 0 Å². The molecule has 2 aliphatic heterocycles. The molecule has 0 spiro atoms. The number of nitrogens with zero attached hydrogens (tertiary/aromatic N) is 2. The van der Waals surface area contributed by atoms with E-state index in [-0.39, 0.29) is 19.5 Å². The maximum absolute atomic E-state index is 9.00. The van der Waals surface area contributed by atoms with Gasteiger partial charge in [0.15, 0.2) is 0 Å². The molecule has 0 bridgehead atoms. The van der Waals surface area contributed by atoms with Crippen LogP contribution in [0.25, 0.3) is 22.8 Å². The van der Waals surface area contributed by atoms with Crippen molar-refractivity contribution in [2.24, 2.45) is 0 Å². The first-order valence-electron chi connectivity index (χ1n) is 6.66. The van der Waals surface area contributed by atoms with Gasteiger partial charge in [0.05, 0.1) is 0 Å². The number of hydrogen-bond acceptors (Lipinski definition) is 2. The van der Waals surface area contributed by atoms with E-state index in [1.54, 1.807) is 0 Å². The first kappa shape index (κ1) is 20.9. The van der Waals surface area contributed by atoms with Crippen molar-refractivity contribution >= 4 is 35.5 Å². The predicted octanol–water partition coefficient (Wildman–Crippen LogP) is 3.93. The molecular formula is C16H18N2O4Zn. The average Bonchev–Trinajstić information content (AvgIpc) is 2.46. The van der Waals surface area contributed by atoms with Crippen molar-refractivity contribution in [3.8, 4) is 0 Å². The zero-order valence-corrected chi connectivity index (χ0v) is 16.2. The largest absolute Gasteiger partial charge is 2.00 e. The molecule has 0 radical (unpaired) electrons. The standard InChI is InChI=1S/C12H10N2.2C2H4O2.Zn/c1-3-9-5-6-10-4-2-8-14-12(10)11(9)13-7-1;2*1-2(3)4;/h1-6H,7-8H2;2*1H3,(H,3,4);/q-2;;;+2. The first-order valence-corrected chi connectivity index (χ1v) is 6.66. The minimum Gasteiger partial charge on any atom is -0.682 e. The van der Waals surface area contributed by atoms with Gasteiger partial charge in [0, 0.05) is 13.8 Å². The van der Waals surface area contributed by atoms with Gasteiger partial charge in [-0.15, -0.1) is 36.6 Å². The number of aliphatic carboxylic acids is 2. The maximum atomic E-state index is 9.00. The van der Waals surface area contributed by atoms with Crippen molar-refractivity contribution in [2.75, 3.05) is 13.1 Å². The Balaban J connectivity index is 0.000000461. The Hall–Kier alpha value is -2.14. The summed E-state index contributed by atoms with van der Waals surface area (Å²) in [5.41, 5.74) is 4.51. The van der Waals surface area contributed by atoms with Crippen molar-refractivity contribution in [1.29, 1.82) is 0 Å². The van der Waals surface area contributed by atoms with Crippen LogP contribution in [-0.4, -0.2) is 35.2 Å². The van der Waals surface area contributed by atoms with Crippen LogP contribution in [0, 0.1) is 0 Å². The Morgan fingerprint density at radius 1 is 0.870 bits per heavy atom. The molecule has 7 heteroatoms. The zero-order valence-electron chi connectivity index (χ0n) is 13.2. The topological polar surface area (TPSA) is 103 Å². The summed E-state index contributed by atoms with van der Waals surface area (Å²) >= 11 is 0. The second-order valence-electron chi connectivity index (χ2n) is 4.47. The SMILES string of the molecule is C1=Cc2ccc3c(c2[N-]C1)[N-]CC=C3.CC(=O)O.CC(=O)O.[Zn+2]. The Morgan fingerprint density at radius 3 is 1.48 bits per heavy atom. The molecular weight excluding hydrogens is 350 g/mol. The van der Waals surface area contributed by atoms with Gasteiger partial charge in [0.25, 0.3) is 11.9 Å². The molecule has 1 aromatic carbocycles. The normalized spacial score (nSPS) is 12.3. The van der Waals surface area contributed by atoms with Crippen LogP contribution in [0.15, 0.2) is 24.3 Å². The molecule has 0 unspecified atom stereocenters. The molecule has 2 heterocycles. The molecule has 2 N–H and O–H groups in total. The molecule has 0 aromatic heterocycles. The van der Waals surface area contributed by atoms with E-state index in [2.05, 4.69) is 47.1 Å². The van der Waals surface area contributed by atoms with Crippen molar-refractivity contribution < 1.29 is 39.3 Å². The summed E-state index contributed by atoms with van der Waals surface area (Å²) in [7, 11) is 0. The van der Waals surface area contributed by atoms with Crippen LogP contribution in [0.1, 0.15) is 25.0 Å². The molecule has 3 rings (SSSR count). The number of fused-ring (bicyclic) bond motifs is 3. The summed E-state index contributed by atoms with van der Waals surface area (Å²) in [5, 5.41) is 23.8. The third kappa shape index (κ3) is 7.61. The molecule has 0 saturated heterocycles.